The molecule has 0 atom stereocenters. The number of rotatable bonds is 17. The van der Waals surface area contributed by atoms with Gasteiger partial charge in [0.15, 0.2) is 0 Å². The zero-order chi connectivity index (χ0) is 22.2. The highest BCUT2D eigenvalue weighted by Crippen LogP contribution is 2.20. The molecule has 0 bridgehead atoms. The molecule has 2 aromatic carbocycles. The maximum absolute atomic E-state index is 11.5. The van der Waals surface area contributed by atoms with E-state index < -0.39 is 0 Å². The number of hydrogen-bond acceptors (Lipinski definition) is 2. The minimum absolute atomic E-state index is 0.211. The van der Waals surface area contributed by atoms with E-state index in [-0.39, 0.29) is 4.92 Å². The molecule has 0 amide bonds. The van der Waals surface area contributed by atoms with Gasteiger partial charge in [-0.2, -0.15) is 0 Å². The average Bonchev–Trinajstić information content (AvgIpc) is 2.78. The lowest BCUT2D eigenvalue weighted by Crippen LogP contribution is -1.99. The molecule has 0 aliphatic rings. The van der Waals surface area contributed by atoms with Gasteiger partial charge in [0, 0.05) is 12.5 Å². The summed E-state index contributed by atoms with van der Waals surface area (Å²) in [5, 5.41) is 13.8. The molecule has 31 heavy (non-hydrogen) atoms. The minimum Gasteiger partial charge on any atom is -0.259 e. The van der Waals surface area contributed by atoms with Crippen LogP contribution in [0.4, 0.5) is 0 Å². The largest absolute Gasteiger partial charge is 0.259 e. The summed E-state index contributed by atoms with van der Waals surface area (Å²) in [6.07, 6.45) is 20.5. The van der Waals surface area contributed by atoms with Gasteiger partial charge in [-0.05, 0) is 28.8 Å². The fraction of sp³-hybridized carbons (Fsp3) is 0.571. The Kier molecular flexibility index (Phi) is 12.6. The fourth-order valence-electron chi connectivity index (χ4n) is 4.21. The van der Waals surface area contributed by atoms with Gasteiger partial charge in [-0.25, -0.2) is 0 Å². The highest BCUT2D eigenvalue weighted by molar-refractivity contribution is 5.84. The van der Waals surface area contributed by atoms with Gasteiger partial charge in [0.2, 0.25) is 5.70 Å². The van der Waals surface area contributed by atoms with Gasteiger partial charge in [-0.3, -0.25) is 10.1 Å². The summed E-state index contributed by atoms with van der Waals surface area (Å²) in [5.74, 6) is 0. The van der Waals surface area contributed by atoms with E-state index in [2.05, 4.69) is 13.0 Å². The average molecular weight is 424 g/mol. The van der Waals surface area contributed by atoms with Crippen LogP contribution in [-0.4, -0.2) is 4.92 Å². The van der Waals surface area contributed by atoms with Crippen LogP contribution in [-0.2, 0) is 0 Å². The molecule has 3 nitrogen and oxygen atoms in total. The van der Waals surface area contributed by atoms with Crippen LogP contribution in [0.25, 0.3) is 16.8 Å². The minimum atomic E-state index is -0.211. The summed E-state index contributed by atoms with van der Waals surface area (Å²) in [7, 11) is 0. The Morgan fingerprint density at radius 3 is 1.81 bits per heavy atom. The molecule has 0 saturated carbocycles. The van der Waals surface area contributed by atoms with Crippen LogP contribution >= 0.6 is 0 Å². The summed E-state index contributed by atoms with van der Waals surface area (Å²) in [6.45, 7) is 2.27. The fourth-order valence-corrected chi connectivity index (χ4v) is 4.21. The van der Waals surface area contributed by atoms with Gasteiger partial charge in [0.1, 0.15) is 0 Å². The van der Waals surface area contributed by atoms with Gasteiger partial charge >= 0.3 is 0 Å². The van der Waals surface area contributed by atoms with Crippen molar-refractivity contribution in [1.29, 1.82) is 0 Å². The Bertz CT molecular complexity index is 796. The van der Waals surface area contributed by atoms with Crippen molar-refractivity contribution in [2.75, 3.05) is 0 Å². The van der Waals surface area contributed by atoms with E-state index in [4.69, 9.17) is 0 Å². The number of nitrogens with zero attached hydrogens (tertiary/aromatic N) is 1. The molecule has 0 heterocycles. The Balaban J connectivity index is 1.57. The van der Waals surface area contributed by atoms with Crippen LogP contribution < -0.4 is 0 Å². The first kappa shape index (κ1) is 25.1. The highest BCUT2D eigenvalue weighted by atomic mass is 16.6. The van der Waals surface area contributed by atoms with Crippen molar-refractivity contribution in [1.82, 2.24) is 0 Å². The summed E-state index contributed by atoms with van der Waals surface area (Å²) >= 11 is 0. The highest BCUT2D eigenvalue weighted by Gasteiger charge is 2.10. The van der Waals surface area contributed by atoms with E-state index in [1.54, 1.807) is 6.08 Å². The monoisotopic (exact) mass is 423 g/mol. The number of allylic oxidation sites excluding steroid dienone is 1. The van der Waals surface area contributed by atoms with E-state index >= 15 is 0 Å². The van der Waals surface area contributed by atoms with Crippen molar-refractivity contribution in [2.24, 2.45) is 0 Å². The first-order chi connectivity index (χ1) is 15.2. The number of hydrogen-bond donors (Lipinski definition) is 0. The van der Waals surface area contributed by atoms with E-state index in [1.165, 1.54) is 77.0 Å². The molecule has 0 radical (unpaired) electrons. The van der Waals surface area contributed by atoms with Gasteiger partial charge in [0.05, 0.1) is 4.92 Å². The molecule has 2 rings (SSSR count). The topological polar surface area (TPSA) is 43.1 Å². The SMILES string of the molecule is CCCCCCCCCCCCCCCC/C(=C\c1ccc2ccccc2c1)[N+](=O)[O-]. The van der Waals surface area contributed by atoms with E-state index in [0.717, 1.165) is 29.2 Å². The molecule has 2 aromatic rings. The van der Waals surface area contributed by atoms with Crippen LogP contribution in [0.15, 0.2) is 48.2 Å². The van der Waals surface area contributed by atoms with Crippen molar-refractivity contribution in [2.45, 2.75) is 103 Å². The van der Waals surface area contributed by atoms with Crippen molar-refractivity contribution in [3.05, 3.63) is 63.8 Å². The van der Waals surface area contributed by atoms with Crippen molar-refractivity contribution < 1.29 is 4.92 Å². The second-order valence-corrected chi connectivity index (χ2v) is 8.85. The van der Waals surface area contributed by atoms with Gasteiger partial charge < -0.3 is 0 Å². The summed E-state index contributed by atoms with van der Waals surface area (Å²) in [5.41, 5.74) is 1.24. The lowest BCUT2D eigenvalue weighted by Gasteiger charge is -2.04. The first-order valence-electron chi connectivity index (χ1n) is 12.5. The number of unbranched alkanes of at least 4 members (excludes halogenated alkanes) is 13. The molecule has 0 N–H and O–H groups in total. The van der Waals surface area contributed by atoms with Gasteiger partial charge in [-0.1, -0.05) is 127 Å². The van der Waals surface area contributed by atoms with Crippen molar-refractivity contribution in [3.8, 4) is 0 Å². The van der Waals surface area contributed by atoms with E-state index in [9.17, 15) is 10.1 Å². The molecular formula is C28H41NO2. The van der Waals surface area contributed by atoms with E-state index in [1.807, 2.05) is 36.4 Å². The summed E-state index contributed by atoms with van der Waals surface area (Å²) < 4.78 is 0. The Hall–Kier alpha value is -2.16. The standard InChI is InChI=1S/C28H41NO2/c1-2-3-4-5-6-7-8-9-10-11-12-13-14-15-20-28(29(30)31)24-25-21-22-26-18-16-17-19-27(26)23-25/h16-19,21-24H,2-15,20H2,1H3/b28-24+. The molecule has 3 heteroatoms. The first-order valence-corrected chi connectivity index (χ1v) is 12.5. The number of benzene rings is 2. The zero-order valence-corrected chi connectivity index (χ0v) is 19.5. The molecule has 0 aliphatic carbocycles. The van der Waals surface area contributed by atoms with Crippen LogP contribution in [0.5, 0.6) is 0 Å². The second-order valence-electron chi connectivity index (χ2n) is 8.85. The molecular weight excluding hydrogens is 382 g/mol. The van der Waals surface area contributed by atoms with Crippen LogP contribution in [0.2, 0.25) is 0 Å². The van der Waals surface area contributed by atoms with Crippen LogP contribution in [0.3, 0.4) is 0 Å². The lowest BCUT2D eigenvalue weighted by molar-refractivity contribution is -0.426. The van der Waals surface area contributed by atoms with Crippen LogP contribution in [0, 0.1) is 10.1 Å². The Morgan fingerprint density at radius 1 is 0.742 bits per heavy atom. The molecule has 0 spiro atoms. The van der Waals surface area contributed by atoms with Crippen molar-refractivity contribution in [3.63, 3.8) is 0 Å². The quantitative estimate of drug-likeness (QED) is 0.144. The van der Waals surface area contributed by atoms with E-state index in [0.29, 0.717) is 12.1 Å². The third-order valence-corrected chi connectivity index (χ3v) is 6.13. The normalized spacial score (nSPS) is 11.8. The predicted octanol–water partition coefficient (Wildman–Crippen LogP) is 9.33. The summed E-state index contributed by atoms with van der Waals surface area (Å²) in [4.78, 5) is 11.3. The van der Waals surface area contributed by atoms with Crippen LogP contribution in [0.1, 0.15) is 109 Å². The predicted molar refractivity (Wildman–Crippen MR) is 134 cm³/mol. The van der Waals surface area contributed by atoms with Gasteiger partial charge in [-0.15, -0.1) is 0 Å². The third kappa shape index (κ3) is 10.6. The van der Waals surface area contributed by atoms with Crippen molar-refractivity contribution >= 4 is 16.8 Å². The smallest absolute Gasteiger partial charge is 0.246 e. The summed E-state index contributed by atoms with van der Waals surface area (Å²) in [6, 6.07) is 14.2. The Labute approximate surface area is 189 Å². The molecule has 0 aromatic heterocycles. The zero-order valence-electron chi connectivity index (χ0n) is 19.5. The number of nitro groups is 1. The van der Waals surface area contributed by atoms with Gasteiger partial charge in [0.25, 0.3) is 0 Å². The molecule has 0 unspecified atom stereocenters. The maximum Gasteiger partial charge on any atom is 0.246 e. The lowest BCUT2D eigenvalue weighted by atomic mass is 10.0. The molecule has 0 aliphatic heterocycles. The molecule has 0 fully saturated rings. The second kappa shape index (κ2) is 15.6. The number of fused-ring (bicyclic) bond motifs is 1. The molecule has 170 valence electrons. The maximum atomic E-state index is 11.5. The molecule has 0 saturated heterocycles. The Morgan fingerprint density at radius 2 is 1.26 bits per heavy atom. The third-order valence-electron chi connectivity index (χ3n) is 6.13.